The molecule has 0 aliphatic rings. The van der Waals surface area contributed by atoms with Gasteiger partial charge in [-0.2, -0.15) is 5.26 Å². The smallest absolute Gasteiger partial charge is 0.113 e. The van der Waals surface area contributed by atoms with E-state index in [0.29, 0.717) is 0 Å². The summed E-state index contributed by atoms with van der Waals surface area (Å²) in [7, 11) is 5.81. The molecule has 0 saturated heterocycles. The fraction of sp³-hybridized carbons (Fsp3) is 0.263. The van der Waals surface area contributed by atoms with Crippen molar-refractivity contribution in [2.45, 2.75) is 33.1 Å². The summed E-state index contributed by atoms with van der Waals surface area (Å²) < 4.78 is 0. The number of H-pyrrole nitrogens is 1. The number of aromatic nitrogens is 2. The topological polar surface area (TPSA) is 52.5 Å². The lowest BCUT2D eigenvalue weighted by Gasteiger charge is -2.15. The molecule has 0 aliphatic carbocycles. The maximum Gasteiger partial charge on any atom is 0.113 e. The zero-order valence-electron chi connectivity index (χ0n) is 14.0. The van der Waals surface area contributed by atoms with Crippen LogP contribution in [0.25, 0.3) is 22.3 Å². The van der Waals surface area contributed by atoms with Gasteiger partial charge in [-0.05, 0) is 49.1 Å². The molecule has 114 valence electrons. The van der Waals surface area contributed by atoms with Crippen molar-refractivity contribution in [1.29, 1.82) is 5.26 Å². The first-order chi connectivity index (χ1) is 11.0. The second-order valence-electron chi connectivity index (χ2n) is 5.70. The van der Waals surface area contributed by atoms with E-state index in [1.54, 1.807) is 6.20 Å². The monoisotopic (exact) mass is 301 g/mol. The van der Waals surface area contributed by atoms with Gasteiger partial charge in [0.2, 0.25) is 0 Å². The Bertz CT molecular complexity index is 856. The number of nitriles is 1. The van der Waals surface area contributed by atoms with E-state index >= 15 is 0 Å². The standard InChI is InChI=1S/C17H14BN3.C2H6/c1-17(2,10-19)12-5-6-20-15(9-12)16-8-11-7-13(18)3-4-14(11)21-16;1-2/h3-9,21H,1-2H3;1-2H3. The predicted molar refractivity (Wildman–Crippen MR) is 96.9 cm³/mol. The van der Waals surface area contributed by atoms with E-state index in [4.69, 9.17) is 7.85 Å². The highest BCUT2D eigenvalue weighted by Crippen LogP contribution is 2.27. The largest absolute Gasteiger partial charge is 0.353 e. The Morgan fingerprint density at radius 3 is 2.57 bits per heavy atom. The van der Waals surface area contributed by atoms with E-state index < -0.39 is 5.41 Å². The van der Waals surface area contributed by atoms with Crippen molar-refractivity contribution >= 4 is 24.2 Å². The SMILES string of the molecule is CC.[B]c1ccc2[nH]c(-c3cc(C(C)(C)C#N)ccn3)cc2c1. The third kappa shape index (κ3) is 3.45. The van der Waals surface area contributed by atoms with Crippen LogP contribution in [0.4, 0.5) is 0 Å². The second-order valence-corrected chi connectivity index (χ2v) is 5.70. The molecule has 23 heavy (non-hydrogen) atoms. The molecule has 1 N–H and O–H groups in total. The summed E-state index contributed by atoms with van der Waals surface area (Å²) >= 11 is 0. The molecule has 4 heteroatoms. The Morgan fingerprint density at radius 1 is 1.13 bits per heavy atom. The molecule has 0 unspecified atom stereocenters. The second kappa shape index (κ2) is 6.70. The fourth-order valence-electron chi connectivity index (χ4n) is 2.32. The third-order valence-electron chi connectivity index (χ3n) is 3.68. The van der Waals surface area contributed by atoms with Crippen LogP contribution in [-0.4, -0.2) is 17.8 Å². The molecule has 0 bridgehead atoms. The Morgan fingerprint density at radius 2 is 1.87 bits per heavy atom. The molecule has 0 amide bonds. The van der Waals surface area contributed by atoms with Gasteiger partial charge in [-0.1, -0.05) is 31.4 Å². The highest BCUT2D eigenvalue weighted by Gasteiger charge is 2.20. The van der Waals surface area contributed by atoms with Gasteiger partial charge in [-0.25, -0.2) is 0 Å². The van der Waals surface area contributed by atoms with Crippen LogP contribution in [0, 0.1) is 11.3 Å². The minimum Gasteiger partial charge on any atom is -0.353 e. The number of hydrogen-bond acceptors (Lipinski definition) is 2. The molecule has 1 aromatic carbocycles. The summed E-state index contributed by atoms with van der Waals surface area (Å²) in [6.45, 7) is 7.80. The van der Waals surface area contributed by atoms with Crippen molar-refractivity contribution in [3.05, 3.63) is 48.2 Å². The van der Waals surface area contributed by atoms with Crippen molar-refractivity contribution in [2.75, 3.05) is 0 Å². The minimum atomic E-state index is -0.534. The zero-order chi connectivity index (χ0) is 17.0. The lowest BCUT2D eigenvalue weighted by Crippen LogP contribution is -2.13. The lowest BCUT2D eigenvalue weighted by molar-refractivity contribution is 0.686. The van der Waals surface area contributed by atoms with Gasteiger partial charge in [0.25, 0.3) is 0 Å². The number of aromatic amines is 1. The number of benzene rings is 1. The fourth-order valence-corrected chi connectivity index (χ4v) is 2.32. The van der Waals surface area contributed by atoms with E-state index in [2.05, 4.69) is 16.0 Å². The minimum absolute atomic E-state index is 0.534. The maximum absolute atomic E-state index is 9.26. The Labute approximate surface area is 138 Å². The van der Waals surface area contributed by atoms with Crippen molar-refractivity contribution in [1.82, 2.24) is 9.97 Å². The first-order valence-electron chi connectivity index (χ1n) is 7.76. The molecule has 0 fully saturated rings. The first-order valence-corrected chi connectivity index (χ1v) is 7.76. The van der Waals surface area contributed by atoms with Crippen molar-refractivity contribution < 1.29 is 0 Å². The van der Waals surface area contributed by atoms with Gasteiger partial charge in [0.1, 0.15) is 7.85 Å². The Kier molecular flexibility index (Phi) is 4.90. The van der Waals surface area contributed by atoms with Gasteiger partial charge in [0.05, 0.1) is 22.9 Å². The van der Waals surface area contributed by atoms with Crippen LogP contribution in [0.5, 0.6) is 0 Å². The number of rotatable bonds is 2. The number of pyridine rings is 1. The molecular formula is C19H20BN3. The van der Waals surface area contributed by atoms with Gasteiger partial charge in [0.15, 0.2) is 0 Å². The maximum atomic E-state index is 9.26. The van der Waals surface area contributed by atoms with Gasteiger partial charge in [0, 0.05) is 11.7 Å². The number of hydrogen-bond donors (Lipinski definition) is 1. The molecule has 3 nitrogen and oxygen atoms in total. The van der Waals surface area contributed by atoms with Crippen LogP contribution in [0.3, 0.4) is 0 Å². The van der Waals surface area contributed by atoms with Crippen molar-refractivity contribution in [3.63, 3.8) is 0 Å². The summed E-state index contributed by atoms with van der Waals surface area (Å²) in [6.07, 6.45) is 1.74. The molecular weight excluding hydrogens is 281 g/mol. The van der Waals surface area contributed by atoms with Crippen LogP contribution < -0.4 is 5.46 Å². The molecule has 2 heterocycles. The highest BCUT2D eigenvalue weighted by molar-refractivity contribution is 6.33. The molecule has 2 aromatic heterocycles. The predicted octanol–water partition coefficient (Wildman–Crippen LogP) is 3.85. The summed E-state index contributed by atoms with van der Waals surface area (Å²) in [4.78, 5) is 7.74. The number of fused-ring (bicyclic) bond motifs is 1. The molecule has 0 atom stereocenters. The Hall–Kier alpha value is -2.54. The van der Waals surface area contributed by atoms with Crippen molar-refractivity contribution in [3.8, 4) is 17.5 Å². The molecule has 3 rings (SSSR count). The first kappa shape index (κ1) is 16.8. The van der Waals surface area contributed by atoms with Gasteiger partial charge < -0.3 is 4.98 Å². The van der Waals surface area contributed by atoms with Gasteiger partial charge in [-0.15, -0.1) is 0 Å². The molecule has 2 radical (unpaired) electrons. The van der Waals surface area contributed by atoms with Gasteiger partial charge in [-0.3, -0.25) is 4.98 Å². The van der Waals surface area contributed by atoms with E-state index in [0.717, 1.165) is 33.3 Å². The molecule has 0 saturated carbocycles. The van der Waals surface area contributed by atoms with E-state index in [-0.39, 0.29) is 0 Å². The van der Waals surface area contributed by atoms with E-state index in [1.807, 2.05) is 64.1 Å². The average Bonchev–Trinajstić information content (AvgIpc) is 3.00. The summed E-state index contributed by atoms with van der Waals surface area (Å²) in [5.41, 5.74) is 3.92. The normalized spacial score (nSPS) is 10.7. The summed E-state index contributed by atoms with van der Waals surface area (Å²) in [5.74, 6) is 0. The number of nitrogens with one attached hydrogen (secondary N) is 1. The van der Waals surface area contributed by atoms with Crippen LogP contribution in [0.2, 0.25) is 0 Å². The summed E-state index contributed by atoms with van der Waals surface area (Å²) in [5, 5.41) is 10.3. The van der Waals surface area contributed by atoms with Crippen molar-refractivity contribution in [2.24, 2.45) is 0 Å². The van der Waals surface area contributed by atoms with E-state index in [1.165, 1.54) is 0 Å². The van der Waals surface area contributed by atoms with Crippen LogP contribution in [0.1, 0.15) is 33.3 Å². The van der Waals surface area contributed by atoms with E-state index in [9.17, 15) is 5.26 Å². The quantitative estimate of drug-likeness (QED) is 0.731. The van der Waals surface area contributed by atoms with Gasteiger partial charge >= 0.3 is 0 Å². The third-order valence-corrected chi connectivity index (χ3v) is 3.68. The number of nitrogens with zero attached hydrogens (tertiary/aromatic N) is 2. The van der Waals surface area contributed by atoms with Crippen LogP contribution in [0.15, 0.2) is 42.6 Å². The molecule has 3 aromatic rings. The molecule has 0 spiro atoms. The van der Waals surface area contributed by atoms with Crippen LogP contribution in [-0.2, 0) is 5.41 Å². The summed E-state index contributed by atoms with van der Waals surface area (Å²) in [6, 6.07) is 13.9. The zero-order valence-corrected chi connectivity index (χ0v) is 14.0. The molecule has 0 aliphatic heterocycles. The van der Waals surface area contributed by atoms with Crippen LogP contribution >= 0.6 is 0 Å². The Balaban J connectivity index is 0.000000924. The average molecular weight is 301 g/mol. The lowest BCUT2D eigenvalue weighted by atomic mass is 9.86. The highest BCUT2D eigenvalue weighted by atomic mass is 14.8.